The summed E-state index contributed by atoms with van der Waals surface area (Å²) in [5.41, 5.74) is 6.54. The Bertz CT molecular complexity index is 626. The molecule has 0 bridgehead atoms. The summed E-state index contributed by atoms with van der Waals surface area (Å²) in [4.78, 5) is 24.6. The topological polar surface area (TPSA) is 84.2 Å². The maximum atomic E-state index is 12.0. The van der Waals surface area contributed by atoms with Crippen molar-refractivity contribution in [3.05, 3.63) is 52.2 Å². The number of amides is 2. The fourth-order valence-corrected chi connectivity index (χ4v) is 2.53. The molecule has 0 saturated carbocycles. The van der Waals surface area contributed by atoms with Crippen LogP contribution in [-0.4, -0.2) is 24.9 Å². The molecule has 0 unspecified atom stereocenters. The quantitative estimate of drug-likeness (QED) is 0.686. The van der Waals surface area contributed by atoms with Crippen LogP contribution in [0.2, 0.25) is 0 Å². The molecule has 0 spiro atoms. The van der Waals surface area contributed by atoms with Gasteiger partial charge in [0.25, 0.3) is 11.8 Å². The van der Waals surface area contributed by atoms with E-state index in [0.717, 1.165) is 12.8 Å². The number of benzene rings is 1. The summed E-state index contributed by atoms with van der Waals surface area (Å²) < 4.78 is 0. The van der Waals surface area contributed by atoms with Crippen molar-refractivity contribution in [2.24, 2.45) is 5.73 Å². The lowest BCUT2D eigenvalue weighted by molar-refractivity contribution is 0.0951. The number of nitrogens with two attached hydrogens (primary N) is 1. The molecule has 4 N–H and O–H groups in total. The fraction of sp³-hybridized carbons (Fsp3) is 0.250. The highest BCUT2D eigenvalue weighted by molar-refractivity contribution is 7.12. The lowest BCUT2D eigenvalue weighted by atomic mass is 10.2. The van der Waals surface area contributed by atoms with Crippen LogP contribution in [-0.2, 0) is 0 Å². The maximum Gasteiger partial charge on any atom is 0.265 e. The van der Waals surface area contributed by atoms with Crippen molar-refractivity contribution in [1.82, 2.24) is 5.32 Å². The third-order valence-corrected chi connectivity index (χ3v) is 3.91. The zero-order chi connectivity index (χ0) is 15.8. The number of anilines is 1. The molecule has 0 radical (unpaired) electrons. The first-order valence-electron chi connectivity index (χ1n) is 7.14. The minimum Gasteiger partial charge on any atom is -0.352 e. The minimum absolute atomic E-state index is 0.149. The van der Waals surface area contributed by atoms with Gasteiger partial charge in [-0.25, -0.2) is 0 Å². The van der Waals surface area contributed by atoms with Gasteiger partial charge in [-0.3, -0.25) is 9.59 Å². The van der Waals surface area contributed by atoms with Crippen molar-refractivity contribution in [3.8, 4) is 0 Å². The molecule has 116 valence electrons. The van der Waals surface area contributed by atoms with E-state index in [-0.39, 0.29) is 11.8 Å². The number of nitrogens with one attached hydrogen (secondary N) is 2. The lowest BCUT2D eigenvalue weighted by Gasteiger charge is -2.07. The first-order valence-corrected chi connectivity index (χ1v) is 8.02. The summed E-state index contributed by atoms with van der Waals surface area (Å²) in [7, 11) is 0. The van der Waals surface area contributed by atoms with E-state index in [1.54, 1.807) is 30.3 Å². The van der Waals surface area contributed by atoms with Gasteiger partial charge in [-0.05, 0) is 49.0 Å². The second-order valence-electron chi connectivity index (χ2n) is 4.76. The molecule has 0 saturated heterocycles. The predicted molar refractivity (Wildman–Crippen MR) is 89.3 cm³/mol. The molecule has 5 nitrogen and oxygen atoms in total. The van der Waals surface area contributed by atoms with Crippen molar-refractivity contribution < 1.29 is 9.59 Å². The van der Waals surface area contributed by atoms with Gasteiger partial charge in [0.1, 0.15) is 0 Å². The van der Waals surface area contributed by atoms with Crippen LogP contribution in [0.1, 0.15) is 32.9 Å². The second kappa shape index (κ2) is 8.31. The molecule has 1 aromatic carbocycles. The number of hydrogen-bond acceptors (Lipinski definition) is 4. The Morgan fingerprint density at radius 3 is 2.68 bits per heavy atom. The Hall–Kier alpha value is -2.18. The van der Waals surface area contributed by atoms with Gasteiger partial charge in [-0.2, -0.15) is 0 Å². The second-order valence-corrected chi connectivity index (χ2v) is 5.71. The fourth-order valence-electron chi connectivity index (χ4n) is 1.91. The Morgan fingerprint density at radius 1 is 1.09 bits per heavy atom. The van der Waals surface area contributed by atoms with Gasteiger partial charge in [0.2, 0.25) is 0 Å². The van der Waals surface area contributed by atoms with E-state index in [1.807, 2.05) is 11.4 Å². The van der Waals surface area contributed by atoms with Gasteiger partial charge in [0.05, 0.1) is 4.88 Å². The molecule has 0 fully saturated rings. The summed E-state index contributed by atoms with van der Waals surface area (Å²) >= 11 is 1.37. The van der Waals surface area contributed by atoms with Crippen molar-refractivity contribution in [3.63, 3.8) is 0 Å². The average molecular weight is 317 g/mol. The van der Waals surface area contributed by atoms with Crippen LogP contribution < -0.4 is 16.4 Å². The standard InChI is InChI=1S/C16H19N3O2S/c17-8-1-2-9-18-15(20)12-5-3-6-13(11-12)19-16(21)14-7-4-10-22-14/h3-7,10-11H,1-2,8-9,17H2,(H,18,20)(H,19,21). The van der Waals surface area contributed by atoms with E-state index in [2.05, 4.69) is 10.6 Å². The highest BCUT2D eigenvalue weighted by atomic mass is 32.1. The van der Waals surface area contributed by atoms with E-state index in [1.165, 1.54) is 11.3 Å². The smallest absolute Gasteiger partial charge is 0.265 e. The van der Waals surface area contributed by atoms with Gasteiger partial charge < -0.3 is 16.4 Å². The van der Waals surface area contributed by atoms with Crippen LogP contribution >= 0.6 is 11.3 Å². The average Bonchev–Trinajstić information content (AvgIpc) is 3.06. The van der Waals surface area contributed by atoms with Crippen LogP contribution in [0.15, 0.2) is 41.8 Å². The Balaban J connectivity index is 1.94. The Kier molecular flexibility index (Phi) is 6.12. The summed E-state index contributed by atoms with van der Waals surface area (Å²) in [6.45, 7) is 1.22. The molecule has 6 heteroatoms. The van der Waals surface area contributed by atoms with Gasteiger partial charge >= 0.3 is 0 Å². The third-order valence-electron chi connectivity index (χ3n) is 3.04. The molecule has 22 heavy (non-hydrogen) atoms. The zero-order valence-corrected chi connectivity index (χ0v) is 13.0. The predicted octanol–water partition coefficient (Wildman–Crippen LogP) is 2.47. The lowest BCUT2D eigenvalue weighted by Crippen LogP contribution is -2.25. The van der Waals surface area contributed by atoms with E-state index < -0.39 is 0 Å². The van der Waals surface area contributed by atoms with Gasteiger partial charge in [-0.1, -0.05) is 12.1 Å². The van der Waals surface area contributed by atoms with Crippen molar-refractivity contribution >= 4 is 28.8 Å². The summed E-state index contributed by atoms with van der Waals surface area (Å²) in [6.07, 6.45) is 1.74. The number of thiophene rings is 1. The number of carbonyl (C=O) groups is 2. The molecular weight excluding hydrogens is 298 g/mol. The molecular formula is C16H19N3O2S. The van der Waals surface area contributed by atoms with Crippen LogP contribution in [0.5, 0.6) is 0 Å². The molecule has 0 aliphatic rings. The molecule has 1 heterocycles. The number of rotatable bonds is 7. The number of unbranched alkanes of at least 4 members (excludes halogenated alkanes) is 1. The molecule has 2 rings (SSSR count). The molecule has 0 aliphatic carbocycles. The van der Waals surface area contributed by atoms with Crippen molar-refractivity contribution in [2.75, 3.05) is 18.4 Å². The first-order chi connectivity index (χ1) is 10.7. The van der Waals surface area contributed by atoms with E-state index >= 15 is 0 Å². The normalized spacial score (nSPS) is 10.2. The van der Waals surface area contributed by atoms with Gasteiger partial charge in [-0.15, -0.1) is 11.3 Å². The molecule has 1 aromatic heterocycles. The van der Waals surface area contributed by atoms with Crippen LogP contribution in [0.4, 0.5) is 5.69 Å². The van der Waals surface area contributed by atoms with Gasteiger partial charge in [0.15, 0.2) is 0 Å². The largest absolute Gasteiger partial charge is 0.352 e. The Labute approximate surface area is 133 Å². The molecule has 2 amide bonds. The van der Waals surface area contributed by atoms with Gasteiger partial charge in [0, 0.05) is 17.8 Å². The molecule has 2 aromatic rings. The first kappa shape index (κ1) is 16.2. The maximum absolute atomic E-state index is 12.0. The monoisotopic (exact) mass is 317 g/mol. The highest BCUT2D eigenvalue weighted by Gasteiger charge is 2.09. The Morgan fingerprint density at radius 2 is 1.95 bits per heavy atom. The van der Waals surface area contributed by atoms with Crippen molar-refractivity contribution in [1.29, 1.82) is 0 Å². The molecule has 0 atom stereocenters. The summed E-state index contributed by atoms with van der Waals surface area (Å²) in [5.74, 6) is -0.320. The van der Waals surface area contributed by atoms with Crippen LogP contribution in [0.25, 0.3) is 0 Å². The van der Waals surface area contributed by atoms with Crippen LogP contribution in [0.3, 0.4) is 0 Å². The number of hydrogen-bond donors (Lipinski definition) is 3. The summed E-state index contributed by atoms with van der Waals surface area (Å²) in [5, 5.41) is 7.47. The van der Waals surface area contributed by atoms with Crippen molar-refractivity contribution in [2.45, 2.75) is 12.8 Å². The minimum atomic E-state index is -0.171. The number of carbonyl (C=O) groups excluding carboxylic acids is 2. The third kappa shape index (κ3) is 4.68. The highest BCUT2D eigenvalue weighted by Crippen LogP contribution is 2.15. The van der Waals surface area contributed by atoms with E-state index in [9.17, 15) is 9.59 Å². The molecule has 0 aliphatic heterocycles. The van der Waals surface area contributed by atoms with E-state index in [4.69, 9.17) is 5.73 Å². The van der Waals surface area contributed by atoms with Crippen LogP contribution in [0, 0.1) is 0 Å². The zero-order valence-electron chi connectivity index (χ0n) is 12.2. The SMILES string of the molecule is NCCCCNC(=O)c1cccc(NC(=O)c2cccs2)c1. The van der Waals surface area contributed by atoms with E-state index in [0.29, 0.717) is 29.2 Å². The summed E-state index contributed by atoms with van der Waals surface area (Å²) in [6, 6.07) is 10.5.